The van der Waals surface area contributed by atoms with Crippen LogP contribution in [0, 0.1) is 0 Å². The first-order valence-electron chi connectivity index (χ1n) is 5.01. The predicted octanol–water partition coefficient (Wildman–Crippen LogP) is 2.07. The van der Waals surface area contributed by atoms with Gasteiger partial charge in [-0.3, -0.25) is 4.79 Å². The topological polar surface area (TPSA) is 57.6 Å². The summed E-state index contributed by atoms with van der Waals surface area (Å²) in [5, 5.41) is 9.18. The van der Waals surface area contributed by atoms with Gasteiger partial charge in [0.2, 0.25) is 5.91 Å². The number of amides is 1. The van der Waals surface area contributed by atoms with Crippen LogP contribution in [0.5, 0.6) is 0 Å². The molecule has 1 fully saturated rings. The maximum atomic E-state index is 11.7. The highest BCUT2D eigenvalue weighted by Crippen LogP contribution is 2.31. The minimum Gasteiger partial charge on any atom is -0.478 e. The first-order chi connectivity index (χ1) is 8.00. The van der Waals surface area contributed by atoms with Crippen molar-refractivity contribution < 1.29 is 14.7 Å². The normalized spacial score (nSPS) is 19.8. The minimum absolute atomic E-state index is 0.0371. The SMILES string of the molecule is O=C(O)c1c(Cl)cccc1N1CC(S)CC1=O. The second-order valence-electron chi connectivity index (χ2n) is 3.80. The van der Waals surface area contributed by atoms with Crippen molar-refractivity contribution in [2.24, 2.45) is 0 Å². The molecule has 1 aliphatic heterocycles. The number of nitrogens with zero attached hydrogens (tertiary/aromatic N) is 1. The van der Waals surface area contributed by atoms with Gasteiger partial charge in [-0.05, 0) is 12.1 Å². The van der Waals surface area contributed by atoms with E-state index in [9.17, 15) is 9.59 Å². The van der Waals surface area contributed by atoms with Crippen molar-refractivity contribution in [2.75, 3.05) is 11.4 Å². The Morgan fingerprint density at radius 1 is 1.53 bits per heavy atom. The highest BCUT2D eigenvalue weighted by Gasteiger charge is 2.31. The van der Waals surface area contributed by atoms with Gasteiger partial charge in [0.15, 0.2) is 0 Å². The molecule has 1 unspecified atom stereocenters. The number of carbonyl (C=O) groups excluding carboxylic acids is 1. The van der Waals surface area contributed by atoms with Crippen molar-refractivity contribution in [2.45, 2.75) is 11.7 Å². The lowest BCUT2D eigenvalue weighted by molar-refractivity contribution is -0.117. The molecule has 6 heteroatoms. The zero-order chi connectivity index (χ0) is 12.6. The number of carboxylic acids is 1. The van der Waals surface area contributed by atoms with Gasteiger partial charge in [0.05, 0.1) is 10.7 Å². The number of carbonyl (C=O) groups is 2. The molecule has 1 heterocycles. The smallest absolute Gasteiger partial charge is 0.339 e. The van der Waals surface area contributed by atoms with Crippen LogP contribution in [0.25, 0.3) is 0 Å². The number of rotatable bonds is 2. The van der Waals surface area contributed by atoms with Crippen LogP contribution in [0.2, 0.25) is 5.02 Å². The standard InChI is InChI=1S/C11H10ClNO3S/c12-7-2-1-3-8(10(7)11(15)16)13-5-6(17)4-9(13)14/h1-3,6,17H,4-5H2,(H,15,16). The highest BCUT2D eigenvalue weighted by atomic mass is 35.5. The van der Waals surface area contributed by atoms with Gasteiger partial charge >= 0.3 is 5.97 Å². The van der Waals surface area contributed by atoms with Crippen LogP contribution in [-0.4, -0.2) is 28.8 Å². The fraction of sp³-hybridized carbons (Fsp3) is 0.273. The number of hydrogen-bond donors (Lipinski definition) is 2. The first kappa shape index (κ1) is 12.3. The summed E-state index contributed by atoms with van der Waals surface area (Å²) in [6.45, 7) is 0.405. The van der Waals surface area contributed by atoms with Crippen LogP contribution in [0.1, 0.15) is 16.8 Å². The molecule has 0 radical (unpaired) electrons. The molecule has 1 aromatic carbocycles. The van der Waals surface area contributed by atoms with E-state index in [0.717, 1.165) is 0 Å². The summed E-state index contributed by atoms with van der Waals surface area (Å²) in [7, 11) is 0. The van der Waals surface area contributed by atoms with E-state index < -0.39 is 5.97 Å². The number of carboxylic acid groups (broad SMARTS) is 1. The van der Waals surface area contributed by atoms with Gasteiger partial charge in [-0.25, -0.2) is 4.79 Å². The Balaban J connectivity index is 2.49. The number of anilines is 1. The van der Waals surface area contributed by atoms with Crippen LogP contribution in [0.4, 0.5) is 5.69 Å². The van der Waals surface area contributed by atoms with Crippen molar-refractivity contribution in [3.63, 3.8) is 0 Å². The molecule has 0 saturated carbocycles. The molecule has 1 aromatic rings. The lowest BCUT2D eigenvalue weighted by atomic mass is 10.1. The molecule has 0 aliphatic carbocycles. The maximum absolute atomic E-state index is 11.7. The molecule has 0 aromatic heterocycles. The number of thiol groups is 1. The van der Waals surface area contributed by atoms with Crippen molar-refractivity contribution >= 4 is 41.8 Å². The molecular formula is C11H10ClNO3S. The van der Waals surface area contributed by atoms with Crippen molar-refractivity contribution in [1.29, 1.82) is 0 Å². The molecule has 2 rings (SSSR count). The van der Waals surface area contributed by atoms with Gasteiger partial charge < -0.3 is 10.0 Å². The quantitative estimate of drug-likeness (QED) is 0.810. The van der Waals surface area contributed by atoms with E-state index in [2.05, 4.69) is 12.6 Å². The summed E-state index contributed by atoms with van der Waals surface area (Å²) < 4.78 is 0. The van der Waals surface area contributed by atoms with Crippen LogP contribution in [0.15, 0.2) is 18.2 Å². The summed E-state index contributed by atoms with van der Waals surface area (Å²) in [6.07, 6.45) is 0.314. The Morgan fingerprint density at radius 3 is 2.76 bits per heavy atom. The summed E-state index contributed by atoms with van der Waals surface area (Å²) in [5.74, 6) is -1.27. The Kier molecular flexibility index (Phi) is 3.31. The van der Waals surface area contributed by atoms with E-state index in [1.165, 1.54) is 11.0 Å². The van der Waals surface area contributed by atoms with Gasteiger partial charge in [-0.2, -0.15) is 12.6 Å². The number of halogens is 1. The van der Waals surface area contributed by atoms with Crippen LogP contribution >= 0.6 is 24.2 Å². The Morgan fingerprint density at radius 2 is 2.24 bits per heavy atom. The van der Waals surface area contributed by atoms with Gasteiger partial charge in [0.25, 0.3) is 0 Å². The summed E-state index contributed by atoms with van der Waals surface area (Å²) in [4.78, 5) is 24.3. The molecule has 1 saturated heterocycles. The van der Waals surface area contributed by atoms with Gasteiger partial charge in [0, 0.05) is 18.2 Å². The van der Waals surface area contributed by atoms with E-state index in [1.807, 2.05) is 0 Å². The van der Waals surface area contributed by atoms with Gasteiger partial charge in [-0.1, -0.05) is 17.7 Å². The zero-order valence-corrected chi connectivity index (χ0v) is 10.4. The molecule has 4 nitrogen and oxygen atoms in total. The van der Waals surface area contributed by atoms with E-state index in [0.29, 0.717) is 18.7 Å². The van der Waals surface area contributed by atoms with Crippen molar-refractivity contribution in [1.82, 2.24) is 0 Å². The molecule has 1 amide bonds. The number of aromatic carboxylic acids is 1. The zero-order valence-electron chi connectivity index (χ0n) is 8.76. The van der Waals surface area contributed by atoms with Gasteiger partial charge in [0.1, 0.15) is 5.56 Å². The van der Waals surface area contributed by atoms with E-state index >= 15 is 0 Å². The third-order valence-electron chi connectivity index (χ3n) is 2.60. The third-order valence-corrected chi connectivity index (χ3v) is 3.26. The summed E-state index contributed by atoms with van der Waals surface area (Å²) in [5.41, 5.74) is 0.302. The van der Waals surface area contributed by atoms with Crippen molar-refractivity contribution in [3.05, 3.63) is 28.8 Å². The lowest BCUT2D eigenvalue weighted by Gasteiger charge is -2.18. The second kappa shape index (κ2) is 4.58. The number of benzene rings is 1. The van der Waals surface area contributed by atoms with Crippen molar-refractivity contribution in [3.8, 4) is 0 Å². The molecule has 1 atom stereocenters. The molecule has 90 valence electrons. The van der Waals surface area contributed by atoms with Crippen LogP contribution < -0.4 is 4.90 Å². The fourth-order valence-corrected chi connectivity index (χ4v) is 2.44. The Labute approximate surface area is 109 Å². The highest BCUT2D eigenvalue weighted by molar-refractivity contribution is 7.81. The van der Waals surface area contributed by atoms with Crippen LogP contribution in [-0.2, 0) is 4.79 Å². The molecule has 0 bridgehead atoms. The maximum Gasteiger partial charge on any atom is 0.339 e. The molecule has 17 heavy (non-hydrogen) atoms. The monoisotopic (exact) mass is 271 g/mol. The Hall–Kier alpha value is -1.20. The largest absolute Gasteiger partial charge is 0.478 e. The van der Waals surface area contributed by atoms with Gasteiger partial charge in [-0.15, -0.1) is 0 Å². The molecule has 1 N–H and O–H groups in total. The fourth-order valence-electron chi connectivity index (χ4n) is 1.87. The summed E-state index contributed by atoms with van der Waals surface area (Å²) >= 11 is 10.1. The third kappa shape index (κ3) is 2.25. The first-order valence-corrected chi connectivity index (χ1v) is 5.90. The molecule has 0 spiro atoms. The average molecular weight is 272 g/mol. The second-order valence-corrected chi connectivity index (χ2v) is 4.94. The molecule has 1 aliphatic rings. The van der Waals surface area contributed by atoms with E-state index in [1.54, 1.807) is 12.1 Å². The van der Waals surface area contributed by atoms with E-state index in [4.69, 9.17) is 16.7 Å². The Bertz CT molecular complexity index is 492. The summed E-state index contributed by atoms with van der Waals surface area (Å²) in [6, 6.07) is 4.70. The average Bonchev–Trinajstić information content (AvgIpc) is 2.56. The predicted molar refractivity (Wildman–Crippen MR) is 68.2 cm³/mol. The van der Waals surface area contributed by atoms with E-state index in [-0.39, 0.29) is 21.7 Å². The minimum atomic E-state index is -1.14. The van der Waals surface area contributed by atoms with Crippen LogP contribution in [0.3, 0.4) is 0 Å². The lowest BCUT2D eigenvalue weighted by Crippen LogP contribution is -2.26. The number of hydrogen-bond acceptors (Lipinski definition) is 3. The molecular weight excluding hydrogens is 262 g/mol.